The summed E-state index contributed by atoms with van der Waals surface area (Å²) in [5.74, 6) is -1.81. The Labute approximate surface area is 201 Å². The summed E-state index contributed by atoms with van der Waals surface area (Å²) in [7, 11) is -3.81. The first-order chi connectivity index (χ1) is 15.4. The van der Waals surface area contributed by atoms with Crippen molar-refractivity contribution in [1.82, 2.24) is 19.4 Å². The molecule has 7 nitrogen and oxygen atoms in total. The molecule has 1 saturated heterocycles. The van der Waals surface area contributed by atoms with Gasteiger partial charge in [-0.25, -0.2) is 17.5 Å². The quantitative estimate of drug-likeness (QED) is 0.544. The van der Waals surface area contributed by atoms with Crippen molar-refractivity contribution in [3.8, 4) is 0 Å². The van der Waals surface area contributed by atoms with Gasteiger partial charge in [0.25, 0.3) is 5.91 Å². The molecule has 1 N–H and O–H groups in total. The van der Waals surface area contributed by atoms with Crippen LogP contribution in [0.4, 0.5) is 4.39 Å². The van der Waals surface area contributed by atoms with E-state index in [1.165, 1.54) is 12.1 Å². The highest BCUT2D eigenvalue weighted by atomic mass is 35.5. The topological polar surface area (TPSA) is 84.3 Å². The van der Waals surface area contributed by atoms with E-state index in [-0.39, 0.29) is 17.6 Å². The van der Waals surface area contributed by atoms with Gasteiger partial charge >= 0.3 is 0 Å². The summed E-state index contributed by atoms with van der Waals surface area (Å²) < 4.78 is 41.1. The fourth-order valence-electron chi connectivity index (χ4n) is 4.33. The lowest BCUT2D eigenvalue weighted by Gasteiger charge is -2.25. The van der Waals surface area contributed by atoms with Crippen LogP contribution >= 0.6 is 23.2 Å². The van der Waals surface area contributed by atoms with Crippen molar-refractivity contribution in [2.45, 2.75) is 32.4 Å². The number of nitrogens with zero attached hydrogens (tertiary/aromatic N) is 3. The third-order valence-electron chi connectivity index (χ3n) is 5.96. The molecule has 4 rings (SSSR count). The average molecular weight is 513 g/mol. The van der Waals surface area contributed by atoms with Gasteiger partial charge < -0.3 is 0 Å². The molecule has 176 valence electrons. The zero-order valence-electron chi connectivity index (χ0n) is 18.3. The van der Waals surface area contributed by atoms with Crippen molar-refractivity contribution < 1.29 is 17.6 Å². The summed E-state index contributed by atoms with van der Waals surface area (Å²) in [4.78, 5) is 14.5. The Hall–Kier alpha value is -2.20. The van der Waals surface area contributed by atoms with E-state index in [0.717, 1.165) is 24.8 Å². The summed E-state index contributed by atoms with van der Waals surface area (Å²) in [5.41, 5.74) is 1.87. The molecular formula is C22H23Cl2FN4O3S. The molecule has 3 aromatic rings. The molecule has 1 unspecified atom stereocenters. The molecule has 1 amide bonds. The van der Waals surface area contributed by atoms with E-state index in [2.05, 4.69) is 16.9 Å². The second-order valence-corrected chi connectivity index (χ2v) is 11.0. The van der Waals surface area contributed by atoms with E-state index in [4.69, 9.17) is 23.2 Å². The minimum atomic E-state index is -3.81. The normalized spacial score (nSPS) is 18.1. The SMILES string of the molecule is Cc1nn(C2CCN([C@@H](C)c3cc(Cl)cc(Cl)c3)C2)c2cc(F)c(C(=O)NS(C)(=O)=O)cc12. The molecule has 0 spiro atoms. The Bertz CT molecular complexity index is 1340. The second-order valence-electron chi connectivity index (χ2n) is 8.40. The van der Waals surface area contributed by atoms with Crippen LogP contribution in [0.1, 0.15) is 47.0 Å². The number of aromatic nitrogens is 2. The molecule has 2 heterocycles. The number of carbonyl (C=O) groups is 1. The third-order valence-corrected chi connectivity index (χ3v) is 6.95. The second kappa shape index (κ2) is 8.87. The number of halogens is 3. The molecule has 1 aromatic heterocycles. The molecule has 0 aliphatic carbocycles. The lowest BCUT2D eigenvalue weighted by atomic mass is 10.1. The highest BCUT2D eigenvalue weighted by molar-refractivity contribution is 7.89. The summed E-state index contributed by atoms with van der Waals surface area (Å²) in [6.07, 6.45) is 1.65. The lowest BCUT2D eigenvalue weighted by Crippen LogP contribution is -2.30. The fourth-order valence-corrected chi connectivity index (χ4v) is 5.32. The third kappa shape index (κ3) is 5.01. The molecular weight excluding hydrogens is 490 g/mol. The van der Waals surface area contributed by atoms with Crippen LogP contribution in [0.25, 0.3) is 10.9 Å². The number of amides is 1. The van der Waals surface area contributed by atoms with Gasteiger partial charge in [0.05, 0.1) is 29.1 Å². The maximum atomic E-state index is 14.8. The van der Waals surface area contributed by atoms with Gasteiger partial charge in [-0.1, -0.05) is 23.2 Å². The summed E-state index contributed by atoms with van der Waals surface area (Å²) in [6, 6.07) is 8.19. The highest BCUT2D eigenvalue weighted by Gasteiger charge is 2.30. The van der Waals surface area contributed by atoms with Gasteiger partial charge in [-0.15, -0.1) is 0 Å². The molecule has 1 aliphatic heterocycles. The molecule has 33 heavy (non-hydrogen) atoms. The van der Waals surface area contributed by atoms with Crippen LogP contribution in [0, 0.1) is 12.7 Å². The van der Waals surface area contributed by atoms with Crippen molar-refractivity contribution in [2.24, 2.45) is 0 Å². The first kappa shape index (κ1) is 23.9. The Morgan fingerprint density at radius 2 is 1.88 bits per heavy atom. The molecule has 0 bridgehead atoms. The van der Waals surface area contributed by atoms with Crippen LogP contribution in [0.3, 0.4) is 0 Å². The number of hydrogen-bond acceptors (Lipinski definition) is 5. The average Bonchev–Trinajstić information content (AvgIpc) is 3.29. The Kier molecular flexibility index (Phi) is 6.43. The number of hydrogen-bond donors (Lipinski definition) is 1. The molecule has 2 atom stereocenters. The van der Waals surface area contributed by atoms with Crippen LogP contribution in [0.15, 0.2) is 30.3 Å². The van der Waals surface area contributed by atoms with E-state index in [1.807, 2.05) is 12.1 Å². The summed E-state index contributed by atoms with van der Waals surface area (Å²) in [5, 5.41) is 6.38. The zero-order valence-corrected chi connectivity index (χ0v) is 20.6. The van der Waals surface area contributed by atoms with E-state index >= 15 is 0 Å². The standard InChI is InChI=1S/C22H23Cl2FN4O3S/c1-12-18-9-19(22(30)27-33(3,31)32)20(25)10-21(18)29(26-12)17-4-5-28(11-17)13(2)14-6-15(23)8-16(24)7-14/h6-10,13,17H,4-5,11H2,1-3H3,(H,27,30)/t13-,17?/m0/s1. The van der Waals surface area contributed by atoms with Crippen LogP contribution in [0.5, 0.6) is 0 Å². The largest absolute Gasteiger partial charge is 0.294 e. The van der Waals surface area contributed by atoms with Gasteiger partial charge in [-0.05, 0) is 50.1 Å². The van der Waals surface area contributed by atoms with Crippen LogP contribution < -0.4 is 4.72 Å². The van der Waals surface area contributed by atoms with E-state index in [1.54, 1.807) is 22.4 Å². The minimum absolute atomic E-state index is 0.00778. The molecule has 2 aromatic carbocycles. The Morgan fingerprint density at radius 3 is 2.52 bits per heavy atom. The number of likely N-dealkylation sites (tertiary alicyclic amines) is 1. The van der Waals surface area contributed by atoms with E-state index in [9.17, 15) is 17.6 Å². The first-order valence-corrected chi connectivity index (χ1v) is 13.0. The maximum absolute atomic E-state index is 14.8. The van der Waals surface area contributed by atoms with Crippen molar-refractivity contribution >= 4 is 50.0 Å². The van der Waals surface area contributed by atoms with Gasteiger partial charge in [-0.2, -0.15) is 5.10 Å². The first-order valence-electron chi connectivity index (χ1n) is 10.3. The predicted octanol–water partition coefficient (Wildman–Crippen LogP) is 4.49. The Balaban J connectivity index is 1.61. The van der Waals surface area contributed by atoms with Gasteiger partial charge in [0.2, 0.25) is 10.0 Å². The summed E-state index contributed by atoms with van der Waals surface area (Å²) >= 11 is 12.3. The van der Waals surface area contributed by atoms with E-state index < -0.39 is 21.7 Å². The van der Waals surface area contributed by atoms with Crippen molar-refractivity contribution in [2.75, 3.05) is 19.3 Å². The monoisotopic (exact) mass is 512 g/mol. The fraction of sp³-hybridized carbons (Fsp3) is 0.364. The molecule has 1 fully saturated rings. The van der Waals surface area contributed by atoms with E-state index in [0.29, 0.717) is 33.2 Å². The molecule has 11 heteroatoms. The minimum Gasteiger partial charge on any atom is -0.294 e. The molecule has 0 saturated carbocycles. The number of rotatable bonds is 5. The highest BCUT2D eigenvalue weighted by Crippen LogP contribution is 2.34. The zero-order chi connectivity index (χ0) is 24.1. The number of aryl methyl sites for hydroxylation is 1. The smallest absolute Gasteiger partial charge is 0.267 e. The molecule has 1 aliphatic rings. The van der Waals surface area contributed by atoms with Gasteiger partial charge in [-0.3, -0.25) is 14.4 Å². The van der Waals surface area contributed by atoms with Crippen LogP contribution in [-0.2, 0) is 10.0 Å². The Morgan fingerprint density at radius 1 is 1.21 bits per heavy atom. The predicted molar refractivity (Wildman–Crippen MR) is 127 cm³/mol. The van der Waals surface area contributed by atoms with Gasteiger partial charge in [0.1, 0.15) is 5.82 Å². The number of fused-ring (bicyclic) bond motifs is 1. The molecule has 0 radical (unpaired) electrons. The maximum Gasteiger partial charge on any atom is 0.267 e. The number of sulfonamides is 1. The number of nitrogens with one attached hydrogen (secondary N) is 1. The lowest BCUT2D eigenvalue weighted by molar-refractivity contribution is 0.0978. The number of benzene rings is 2. The van der Waals surface area contributed by atoms with Gasteiger partial charge in [0, 0.05) is 40.6 Å². The number of carbonyl (C=O) groups excluding carboxylic acids is 1. The van der Waals surface area contributed by atoms with Gasteiger partial charge in [0.15, 0.2) is 0 Å². The summed E-state index contributed by atoms with van der Waals surface area (Å²) in [6.45, 7) is 5.37. The van der Waals surface area contributed by atoms with Crippen LogP contribution in [-0.4, -0.2) is 48.4 Å². The van der Waals surface area contributed by atoms with Crippen LogP contribution in [0.2, 0.25) is 10.0 Å². The van der Waals surface area contributed by atoms with Crippen molar-refractivity contribution in [3.05, 3.63) is 63.0 Å². The van der Waals surface area contributed by atoms with Crippen molar-refractivity contribution in [1.29, 1.82) is 0 Å². The van der Waals surface area contributed by atoms with Crippen molar-refractivity contribution in [3.63, 3.8) is 0 Å².